The van der Waals surface area contributed by atoms with Crippen molar-refractivity contribution in [2.45, 2.75) is 65.5 Å². The molecule has 0 aliphatic heterocycles. The Labute approximate surface area is 161 Å². The zero-order chi connectivity index (χ0) is 21.9. The van der Waals surface area contributed by atoms with E-state index >= 15 is 0 Å². The molecule has 0 heterocycles. The van der Waals surface area contributed by atoms with E-state index in [1.54, 1.807) is 0 Å². The fraction of sp³-hybridized carbons (Fsp3) is 0.647. The van der Waals surface area contributed by atoms with Crippen LogP contribution in [0.4, 0.5) is 0 Å². The number of esters is 5. The van der Waals surface area contributed by atoms with Crippen molar-refractivity contribution in [3.8, 4) is 0 Å². The Hall–Kier alpha value is -2.98. The highest BCUT2D eigenvalue weighted by molar-refractivity contribution is 5.69. The summed E-state index contributed by atoms with van der Waals surface area (Å²) in [6.45, 7) is 4.75. The minimum absolute atomic E-state index is 0.405. The third-order valence-corrected chi connectivity index (χ3v) is 3.07. The molecule has 0 fully saturated rings. The van der Waals surface area contributed by atoms with Crippen LogP contribution in [0.1, 0.15) is 41.0 Å². The highest BCUT2D eigenvalue weighted by Gasteiger charge is 2.43. The highest BCUT2D eigenvalue weighted by atomic mass is 16.6. The lowest BCUT2D eigenvalue weighted by Gasteiger charge is -2.34. The van der Waals surface area contributed by atoms with Gasteiger partial charge in [0.2, 0.25) is 0 Å². The van der Waals surface area contributed by atoms with E-state index in [4.69, 9.17) is 23.7 Å². The molecule has 0 bridgehead atoms. The molecule has 0 saturated heterocycles. The molecule has 158 valence electrons. The van der Waals surface area contributed by atoms with Gasteiger partial charge >= 0.3 is 29.8 Å². The van der Waals surface area contributed by atoms with E-state index in [-0.39, 0.29) is 0 Å². The fourth-order valence-corrected chi connectivity index (χ4v) is 2.26. The van der Waals surface area contributed by atoms with Gasteiger partial charge in [-0.3, -0.25) is 24.0 Å². The van der Waals surface area contributed by atoms with Crippen molar-refractivity contribution in [1.29, 1.82) is 0 Å². The number of rotatable bonds is 11. The van der Waals surface area contributed by atoms with Crippen LogP contribution in [0.15, 0.2) is 0 Å². The zero-order valence-electron chi connectivity index (χ0n) is 16.3. The van der Waals surface area contributed by atoms with Crippen LogP contribution in [0.2, 0.25) is 0 Å². The summed E-state index contributed by atoms with van der Waals surface area (Å²) in [7, 11) is 0. The number of ether oxygens (including phenoxy) is 5. The maximum atomic E-state index is 11.6. The van der Waals surface area contributed by atoms with Gasteiger partial charge in [-0.1, -0.05) is 0 Å². The van der Waals surface area contributed by atoms with Crippen molar-refractivity contribution in [1.82, 2.24) is 0 Å². The molecule has 0 radical (unpaired) electrons. The molecule has 0 saturated carbocycles. The zero-order valence-corrected chi connectivity index (χ0v) is 16.3. The number of aldehydes is 1. The summed E-state index contributed by atoms with van der Waals surface area (Å²) in [6.07, 6.45) is -5.81. The standard InChI is InChI=1S/C17H24O11/c1-9(19)24-8-15(26-11(3)21)17(28-13(5)23)16(27-12(4)22)14(6-7-18)25-10(2)20/h7,14-17H,6,8H2,1-5H3/t14-,15+,16+,17-/m0/s1. The summed E-state index contributed by atoms with van der Waals surface area (Å²) in [5.41, 5.74) is 0. The van der Waals surface area contributed by atoms with Gasteiger partial charge in [0.1, 0.15) is 19.0 Å². The molecule has 0 N–H and O–H groups in total. The molecule has 4 atom stereocenters. The summed E-state index contributed by atoms with van der Waals surface area (Å²) in [5, 5.41) is 0. The molecule has 0 unspecified atom stereocenters. The maximum Gasteiger partial charge on any atom is 0.303 e. The lowest BCUT2D eigenvalue weighted by molar-refractivity contribution is -0.202. The Kier molecular flexibility index (Phi) is 11.1. The predicted octanol–water partition coefficient (Wildman–Crippen LogP) is -0.135. The van der Waals surface area contributed by atoms with Gasteiger partial charge in [0.15, 0.2) is 18.3 Å². The van der Waals surface area contributed by atoms with Crippen molar-refractivity contribution < 1.29 is 52.5 Å². The Balaban J connectivity index is 6.09. The first kappa shape index (κ1) is 25.0. The number of carbonyl (C=O) groups is 6. The summed E-state index contributed by atoms with van der Waals surface area (Å²) in [4.78, 5) is 68.1. The first-order valence-electron chi connectivity index (χ1n) is 8.23. The van der Waals surface area contributed by atoms with Gasteiger partial charge in [-0.05, 0) is 0 Å². The molecule has 0 spiro atoms. The van der Waals surface area contributed by atoms with Crippen LogP contribution in [0.3, 0.4) is 0 Å². The molecule has 0 amide bonds. The largest absolute Gasteiger partial charge is 0.462 e. The monoisotopic (exact) mass is 404 g/mol. The second-order valence-corrected chi connectivity index (χ2v) is 5.65. The Morgan fingerprint density at radius 3 is 1.39 bits per heavy atom. The third-order valence-electron chi connectivity index (χ3n) is 3.07. The van der Waals surface area contributed by atoms with Gasteiger partial charge in [-0.25, -0.2) is 0 Å². The molecule has 11 nitrogen and oxygen atoms in total. The topological polar surface area (TPSA) is 149 Å². The van der Waals surface area contributed by atoms with Crippen LogP contribution in [-0.2, 0) is 52.5 Å². The molecule has 0 aromatic rings. The molecular weight excluding hydrogens is 380 g/mol. The van der Waals surface area contributed by atoms with Crippen molar-refractivity contribution in [3.63, 3.8) is 0 Å². The summed E-state index contributed by atoms with van der Waals surface area (Å²) < 4.78 is 25.1. The molecule has 0 aromatic heterocycles. The first-order valence-corrected chi connectivity index (χ1v) is 8.23. The van der Waals surface area contributed by atoms with E-state index in [0.717, 1.165) is 34.6 Å². The maximum absolute atomic E-state index is 11.6. The molecule has 0 rings (SSSR count). The average molecular weight is 404 g/mol. The number of hydrogen-bond donors (Lipinski definition) is 0. The van der Waals surface area contributed by atoms with E-state index in [0.29, 0.717) is 6.29 Å². The van der Waals surface area contributed by atoms with E-state index in [9.17, 15) is 28.8 Å². The van der Waals surface area contributed by atoms with Crippen LogP contribution < -0.4 is 0 Å². The van der Waals surface area contributed by atoms with Crippen LogP contribution in [0.5, 0.6) is 0 Å². The van der Waals surface area contributed by atoms with Gasteiger partial charge in [0.05, 0.1) is 0 Å². The van der Waals surface area contributed by atoms with Crippen molar-refractivity contribution >= 4 is 36.1 Å². The second-order valence-electron chi connectivity index (χ2n) is 5.65. The van der Waals surface area contributed by atoms with Crippen molar-refractivity contribution in [3.05, 3.63) is 0 Å². The Morgan fingerprint density at radius 1 is 0.643 bits per heavy atom. The first-order chi connectivity index (χ1) is 13.0. The molecular formula is C17H24O11. The smallest absolute Gasteiger partial charge is 0.303 e. The summed E-state index contributed by atoms with van der Waals surface area (Å²) >= 11 is 0. The van der Waals surface area contributed by atoms with E-state index in [2.05, 4.69) is 0 Å². The minimum Gasteiger partial charge on any atom is -0.462 e. The summed E-state index contributed by atoms with van der Waals surface area (Å²) in [5.74, 6) is -4.02. The van der Waals surface area contributed by atoms with Crippen molar-refractivity contribution in [2.75, 3.05) is 6.61 Å². The van der Waals surface area contributed by atoms with Gasteiger partial charge < -0.3 is 28.5 Å². The second kappa shape index (κ2) is 12.4. The molecule has 0 aliphatic rings. The predicted molar refractivity (Wildman–Crippen MR) is 89.5 cm³/mol. The molecule has 0 aliphatic carbocycles. The van der Waals surface area contributed by atoms with E-state index in [1.165, 1.54) is 0 Å². The minimum atomic E-state index is -1.53. The van der Waals surface area contributed by atoms with Crippen LogP contribution in [0.25, 0.3) is 0 Å². The highest BCUT2D eigenvalue weighted by Crippen LogP contribution is 2.21. The van der Waals surface area contributed by atoms with Crippen LogP contribution in [0, 0.1) is 0 Å². The molecule has 0 aromatic carbocycles. The Bertz CT molecular complexity index is 598. The SMILES string of the molecule is CC(=O)OC[C@@H](OC(C)=O)[C@H](OC(C)=O)[C@H](OC(C)=O)[C@H](CC=O)OC(C)=O. The fourth-order valence-electron chi connectivity index (χ4n) is 2.26. The van der Waals surface area contributed by atoms with E-state index < -0.39 is 67.3 Å². The number of carbonyl (C=O) groups excluding carboxylic acids is 6. The van der Waals surface area contributed by atoms with Crippen LogP contribution in [-0.4, -0.2) is 67.2 Å². The lowest BCUT2D eigenvalue weighted by Crippen LogP contribution is -2.53. The van der Waals surface area contributed by atoms with Gasteiger partial charge in [0, 0.05) is 41.0 Å². The number of hydrogen-bond acceptors (Lipinski definition) is 11. The van der Waals surface area contributed by atoms with E-state index in [1.807, 2.05) is 0 Å². The molecule has 28 heavy (non-hydrogen) atoms. The molecule has 11 heteroatoms. The lowest BCUT2D eigenvalue weighted by atomic mass is 10.00. The summed E-state index contributed by atoms with van der Waals surface area (Å²) in [6, 6.07) is 0. The average Bonchev–Trinajstić information content (AvgIpc) is 2.53. The van der Waals surface area contributed by atoms with Gasteiger partial charge in [-0.2, -0.15) is 0 Å². The van der Waals surface area contributed by atoms with Crippen molar-refractivity contribution in [2.24, 2.45) is 0 Å². The Morgan fingerprint density at radius 2 is 1.04 bits per heavy atom. The quantitative estimate of drug-likeness (QED) is 0.257. The van der Waals surface area contributed by atoms with Crippen LogP contribution >= 0.6 is 0 Å². The van der Waals surface area contributed by atoms with Gasteiger partial charge in [0.25, 0.3) is 0 Å². The normalized spacial score (nSPS) is 14.5. The van der Waals surface area contributed by atoms with Gasteiger partial charge in [-0.15, -0.1) is 0 Å². The third kappa shape index (κ3) is 10.2.